The molecule has 0 aliphatic carbocycles. The largest absolute Gasteiger partial charge is 0.352 e. The molecular formula is C29H30N6OS. The van der Waals surface area contributed by atoms with Gasteiger partial charge in [0.2, 0.25) is 5.91 Å². The van der Waals surface area contributed by atoms with Crippen LogP contribution >= 0.6 is 12.2 Å². The first-order chi connectivity index (χ1) is 18.0. The molecule has 1 aliphatic heterocycles. The summed E-state index contributed by atoms with van der Waals surface area (Å²) in [6.07, 6.45) is 6.82. The Morgan fingerprint density at radius 3 is 2.65 bits per heavy atom. The number of amides is 1. The predicted octanol–water partition coefficient (Wildman–Crippen LogP) is 5.14. The number of rotatable bonds is 8. The molecule has 4 aromatic rings. The molecule has 8 heteroatoms. The number of aromatic nitrogens is 3. The van der Waals surface area contributed by atoms with E-state index in [-0.39, 0.29) is 18.0 Å². The van der Waals surface area contributed by atoms with Crippen molar-refractivity contribution in [3.05, 3.63) is 108 Å². The normalized spacial score (nSPS) is 17.0. The summed E-state index contributed by atoms with van der Waals surface area (Å²) in [6.45, 7) is 4.57. The van der Waals surface area contributed by atoms with E-state index in [1.807, 2.05) is 73.9 Å². The van der Waals surface area contributed by atoms with Gasteiger partial charge in [-0.25, -0.2) is 4.98 Å². The highest BCUT2D eigenvalue weighted by Crippen LogP contribution is 2.39. The van der Waals surface area contributed by atoms with E-state index in [0.29, 0.717) is 18.1 Å². The van der Waals surface area contributed by atoms with E-state index in [1.165, 1.54) is 0 Å². The molecule has 2 unspecified atom stereocenters. The zero-order valence-corrected chi connectivity index (χ0v) is 21.8. The van der Waals surface area contributed by atoms with E-state index in [2.05, 4.69) is 49.1 Å². The minimum Gasteiger partial charge on any atom is -0.352 e. The Morgan fingerprint density at radius 2 is 1.89 bits per heavy atom. The Hall–Kier alpha value is -4.04. The van der Waals surface area contributed by atoms with Crippen LogP contribution in [-0.2, 0) is 11.2 Å². The maximum atomic E-state index is 13.0. The second-order valence-corrected chi connectivity index (χ2v) is 9.51. The van der Waals surface area contributed by atoms with Crippen LogP contribution in [0.4, 0.5) is 5.69 Å². The van der Waals surface area contributed by atoms with E-state index in [4.69, 9.17) is 12.2 Å². The number of hydrogen-bond donors (Lipinski definition) is 2. The van der Waals surface area contributed by atoms with Gasteiger partial charge in [-0.2, -0.15) is 0 Å². The molecule has 4 heterocycles. The van der Waals surface area contributed by atoms with Crippen molar-refractivity contribution in [3.63, 3.8) is 0 Å². The second-order valence-electron chi connectivity index (χ2n) is 9.13. The number of nitrogens with zero attached hydrogens (tertiary/aromatic N) is 4. The van der Waals surface area contributed by atoms with Crippen molar-refractivity contribution in [3.8, 4) is 5.82 Å². The Kier molecular flexibility index (Phi) is 7.28. The van der Waals surface area contributed by atoms with Gasteiger partial charge in [-0.05, 0) is 73.1 Å². The number of para-hydroxylation sites is 1. The minimum atomic E-state index is -0.170. The number of pyridine rings is 2. The molecule has 1 aromatic carbocycles. The van der Waals surface area contributed by atoms with Crippen molar-refractivity contribution < 1.29 is 4.79 Å². The fourth-order valence-electron chi connectivity index (χ4n) is 4.80. The lowest BCUT2D eigenvalue weighted by molar-refractivity contribution is -0.116. The van der Waals surface area contributed by atoms with Crippen LogP contribution in [0.25, 0.3) is 5.82 Å². The van der Waals surface area contributed by atoms with E-state index in [0.717, 1.165) is 40.4 Å². The summed E-state index contributed by atoms with van der Waals surface area (Å²) in [4.78, 5) is 24.3. The molecule has 1 fully saturated rings. The number of carbonyl (C=O) groups excluding carboxylic acids is 1. The van der Waals surface area contributed by atoms with E-state index >= 15 is 0 Å². The third kappa shape index (κ3) is 5.24. The molecule has 37 heavy (non-hydrogen) atoms. The Labute approximate surface area is 222 Å². The lowest BCUT2D eigenvalue weighted by Crippen LogP contribution is -2.33. The van der Waals surface area contributed by atoms with Crippen LogP contribution in [0.1, 0.15) is 47.9 Å². The van der Waals surface area contributed by atoms with Crippen LogP contribution < -0.4 is 10.6 Å². The number of aryl methyl sites for hydroxylation is 2. The van der Waals surface area contributed by atoms with Gasteiger partial charge < -0.3 is 20.1 Å². The zero-order valence-electron chi connectivity index (χ0n) is 21.0. The molecule has 1 amide bonds. The zero-order chi connectivity index (χ0) is 25.8. The van der Waals surface area contributed by atoms with Gasteiger partial charge >= 0.3 is 0 Å². The van der Waals surface area contributed by atoms with Crippen LogP contribution in [0.15, 0.2) is 85.3 Å². The van der Waals surface area contributed by atoms with Crippen molar-refractivity contribution in [1.82, 2.24) is 24.8 Å². The molecule has 2 N–H and O–H groups in total. The monoisotopic (exact) mass is 510 g/mol. The van der Waals surface area contributed by atoms with Crippen molar-refractivity contribution in [1.29, 1.82) is 0 Å². The van der Waals surface area contributed by atoms with Gasteiger partial charge in [0.05, 0.1) is 17.8 Å². The lowest BCUT2D eigenvalue weighted by atomic mass is 10.0. The average molecular weight is 511 g/mol. The van der Waals surface area contributed by atoms with Gasteiger partial charge in [-0.15, -0.1) is 0 Å². The number of benzene rings is 1. The first-order valence-corrected chi connectivity index (χ1v) is 12.9. The molecule has 0 spiro atoms. The summed E-state index contributed by atoms with van der Waals surface area (Å²) in [5.41, 5.74) is 4.99. The summed E-state index contributed by atoms with van der Waals surface area (Å²) in [6, 6.07) is 21.6. The first kappa shape index (κ1) is 24.6. The maximum Gasteiger partial charge on any atom is 0.226 e. The molecule has 188 valence electrons. The molecule has 1 aliphatic rings. The molecular weight excluding hydrogens is 480 g/mol. The van der Waals surface area contributed by atoms with Crippen molar-refractivity contribution in [2.75, 3.05) is 11.9 Å². The van der Waals surface area contributed by atoms with Gasteiger partial charge in [0, 0.05) is 42.9 Å². The maximum absolute atomic E-state index is 13.0. The predicted molar refractivity (Wildman–Crippen MR) is 150 cm³/mol. The first-order valence-electron chi connectivity index (χ1n) is 12.5. The van der Waals surface area contributed by atoms with Crippen LogP contribution in [0.3, 0.4) is 0 Å². The highest BCUT2D eigenvalue weighted by Gasteiger charge is 2.41. The third-order valence-corrected chi connectivity index (χ3v) is 7.03. The van der Waals surface area contributed by atoms with Crippen molar-refractivity contribution >= 4 is 28.9 Å². The van der Waals surface area contributed by atoms with Gasteiger partial charge in [0.1, 0.15) is 5.82 Å². The van der Waals surface area contributed by atoms with E-state index in [9.17, 15) is 4.79 Å². The molecule has 1 saturated heterocycles. The Morgan fingerprint density at radius 1 is 1.05 bits per heavy atom. The summed E-state index contributed by atoms with van der Waals surface area (Å²) < 4.78 is 2.08. The molecule has 7 nitrogen and oxygen atoms in total. The molecule has 0 saturated carbocycles. The summed E-state index contributed by atoms with van der Waals surface area (Å²) in [7, 11) is 0. The molecule has 3 aromatic heterocycles. The van der Waals surface area contributed by atoms with Crippen molar-refractivity contribution in [2.45, 2.75) is 38.8 Å². The SMILES string of the molecule is CCc1ccccc1NC(=O)CCN1C(=S)NC(c2ccccn2)C1c1cccn1-c1ccc(C)cn1. The van der Waals surface area contributed by atoms with Crippen LogP contribution in [0, 0.1) is 6.92 Å². The van der Waals surface area contributed by atoms with Crippen LogP contribution in [0.2, 0.25) is 0 Å². The number of carbonyl (C=O) groups is 1. The smallest absolute Gasteiger partial charge is 0.226 e. The highest BCUT2D eigenvalue weighted by atomic mass is 32.1. The molecule has 0 radical (unpaired) electrons. The standard InChI is InChI=1S/C29H30N6OS/c1-3-21-9-4-5-10-22(21)32-26(36)15-18-35-28(27(33-29(35)37)23-11-6-7-16-30-23)24-12-8-17-34(24)25-14-13-20(2)19-31-25/h4-14,16-17,19,27-28H,3,15,18H2,1-2H3,(H,32,36)(H,33,37). The Balaban J connectivity index is 1.43. The van der Waals surface area contributed by atoms with Crippen molar-refractivity contribution in [2.24, 2.45) is 0 Å². The van der Waals surface area contributed by atoms with Gasteiger partial charge in [-0.3, -0.25) is 9.78 Å². The number of anilines is 1. The summed E-state index contributed by atoms with van der Waals surface area (Å²) in [5, 5.41) is 7.15. The Bertz CT molecular complexity index is 1390. The summed E-state index contributed by atoms with van der Waals surface area (Å²) in [5.74, 6) is 0.788. The minimum absolute atomic E-state index is 0.0423. The third-order valence-electron chi connectivity index (χ3n) is 6.68. The van der Waals surface area contributed by atoms with E-state index in [1.54, 1.807) is 6.20 Å². The fraction of sp³-hybridized carbons (Fsp3) is 0.241. The van der Waals surface area contributed by atoms with Gasteiger partial charge in [-0.1, -0.05) is 37.3 Å². The summed E-state index contributed by atoms with van der Waals surface area (Å²) >= 11 is 5.80. The topological polar surface area (TPSA) is 75.1 Å². The quantitative estimate of drug-likeness (QED) is 0.320. The number of hydrogen-bond acceptors (Lipinski definition) is 4. The van der Waals surface area contributed by atoms with Crippen LogP contribution in [0.5, 0.6) is 0 Å². The van der Waals surface area contributed by atoms with E-state index < -0.39 is 0 Å². The average Bonchev–Trinajstić information content (AvgIpc) is 3.53. The molecule has 5 rings (SSSR count). The highest BCUT2D eigenvalue weighted by molar-refractivity contribution is 7.80. The number of nitrogens with one attached hydrogen (secondary N) is 2. The van der Waals surface area contributed by atoms with Gasteiger partial charge in [0.15, 0.2) is 5.11 Å². The molecule has 0 bridgehead atoms. The molecule has 2 atom stereocenters. The van der Waals surface area contributed by atoms with Crippen LogP contribution in [-0.4, -0.2) is 37.0 Å². The lowest BCUT2D eigenvalue weighted by Gasteiger charge is -2.28. The fourth-order valence-corrected chi connectivity index (χ4v) is 5.13. The second kappa shape index (κ2) is 10.9. The number of thiocarbonyl (C=S) groups is 1. The van der Waals surface area contributed by atoms with Gasteiger partial charge in [0.25, 0.3) is 0 Å².